The molecule has 1 unspecified atom stereocenters. The second kappa shape index (κ2) is 5.48. The lowest BCUT2D eigenvalue weighted by atomic mass is 10.1. The van der Waals surface area contributed by atoms with Gasteiger partial charge in [-0.05, 0) is 34.5 Å². The Hall–Kier alpha value is -1.43. The Bertz CT molecular complexity index is 461. The number of amides is 2. The Balaban J connectivity index is 2.16. The van der Waals surface area contributed by atoms with Crippen molar-refractivity contribution in [2.45, 2.75) is 25.9 Å². The standard InChI is InChI=1S/C12H14BrN3O2/c1-2-10-12(18)15-6-11(17)16(10)7-9-4-3-8(13)5-14-9/h3-5,10H,2,6-7H2,1H3,(H,15,18). The summed E-state index contributed by atoms with van der Waals surface area (Å²) in [6, 6.07) is 3.32. The summed E-state index contributed by atoms with van der Waals surface area (Å²) in [6.45, 7) is 2.34. The number of halogens is 1. The molecule has 0 aromatic carbocycles. The highest BCUT2D eigenvalue weighted by molar-refractivity contribution is 9.10. The Morgan fingerprint density at radius 3 is 2.89 bits per heavy atom. The molecule has 0 aliphatic carbocycles. The van der Waals surface area contributed by atoms with Gasteiger partial charge in [0, 0.05) is 10.7 Å². The molecule has 5 nitrogen and oxygen atoms in total. The van der Waals surface area contributed by atoms with Gasteiger partial charge in [0.2, 0.25) is 11.8 Å². The number of aromatic nitrogens is 1. The van der Waals surface area contributed by atoms with E-state index in [2.05, 4.69) is 26.2 Å². The van der Waals surface area contributed by atoms with Gasteiger partial charge in [0.25, 0.3) is 0 Å². The molecule has 1 aromatic heterocycles. The molecule has 96 valence electrons. The Morgan fingerprint density at radius 1 is 1.50 bits per heavy atom. The summed E-state index contributed by atoms with van der Waals surface area (Å²) in [5, 5.41) is 2.60. The van der Waals surface area contributed by atoms with Gasteiger partial charge in [-0.15, -0.1) is 0 Å². The summed E-state index contributed by atoms with van der Waals surface area (Å²) >= 11 is 3.31. The van der Waals surface area contributed by atoms with Crippen LogP contribution in [0.2, 0.25) is 0 Å². The van der Waals surface area contributed by atoms with Gasteiger partial charge in [0.15, 0.2) is 0 Å². The van der Waals surface area contributed by atoms with Gasteiger partial charge in [0.1, 0.15) is 6.04 Å². The normalized spacial score (nSPS) is 19.9. The zero-order valence-corrected chi connectivity index (χ0v) is 11.6. The predicted molar refractivity (Wildman–Crippen MR) is 69.6 cm³/mol. The van der Waals surface area contributed by atoms with Crippen LogP contribution in [-0.2, 0) is 16.1 Å². The number of pyridine rings is 1. The first kappa shape index (κ1) is 13.0. The van der Waals surface area contributed by atoms with Crippen molar-refractivity contribution in [2.24, 2.45) is 0 Å². The van der Waals surface area contributed by atoms with Gasteiger partial charge >= 0.3 is 0 Å². The summed E-state index contributed by atoms with van der Waals surface area (Å²) in [5.41, 5.74) is 0.778. The minimum atomic E-state index is -0.392. The van der Waals surface area contributed by atoms with Crippen LogP contribution in [0, 0.1) is 0 Å². The van der Waals surface area contributed by atoms with E-state index < -0.39 is 6.04 Å². The molecule has 1 atom stereocenters. The molecule has 0 saturated carbocycles. The predicted octanol–water partition coefficient (Wildman–Crippen LogP) is 1.08. The van der Waals surface area contributed by atoms with Gasteiger partial charge < -0.3 is 10.2 Å². The molecule has 0 bridgehead atoms. The van der Waals surface area contributed by atoms with E-state index in [1.165, 1.54) is 0 Å². The van der Waals surface area contributed by atoms with E-state index in [0.29, 0.717) is 13.0 Å². The SMILES string of the molecule is CCC1C(=O)NCC(=O)N1Cc1ccc(Br)cn1. The topological polar surface area (TPSA) is 62.3 Å². The van der Waals surface area contributed by atoms with E-state index in [1.807, 2.05) is 19.1 Å². The summed E-state index contributed by atoms with van der Waals surface area (Å²) in [7, 11) is 0. The molecule has 1 aliphatic heterocycles. The van der Waals surface area contributed by atoms with E-state index in [1.54, 1.807) is 11.1 Å². The highest BCUT2D eigenvalue weighted by atomic mass is 79.9. The number of nitrogens with one attached hydrogen (secondary N) is 1. The van der Waals surface area contributed by atoms with E-state index in [4.69, 9.17) is 0 Å². The molecule has 2 rings (SSSR count). The quantitative estimate of drug-likeness (QED) is 0.908. The van der Waals surface area contributed by atoms with Gasteiger partial charge in [0.05, 0.1) is 18.8 Å². The number of hydrogen-bond acceptors (Lipinski definition) is 3. The summed E-state index contributed by atoms with van der Waals surface area (Å²) in [6.07, 6.45) is 2.29. The molecule has 0 spiro atoms. The monoisotopic (exact) mass is 311 g/mol. The van der Waals surface area contributed by atoms with Gasteiger partial charge in [-0.3, -0.25) is 14.6 Å². The lowest BCUT2D eigenvalue weighted by molar-refractivity contribution is -0.146. The number of nitrogens with zero attached hydrogens (tertiary/aromatic N) is 2. The first-order valence-electron chi connectivity index (χ1n) is 5.79. The van der Waals surface area contributed by atoms with Crippen LogP contribution >= 0.6 is 15.9 Å². The van der Waals surface area contributed by atoms with Gasteiger partial charge in [-0.2, -0.15) is 0 Å². The highest BCUT2D eigenvalue weighted by Crippen LogP contribution is 2.14. The first-order valence-corrected chi connectivity index (χ1v) is 6.58. The highest BCUT2D eigenvalue weighted by Gasteiger charge is 2.33. The van der Waals surface area contributed by atoms with Crippen molar-refractivity contribution in [3.63, 3.8) is 0 Å². The third-order valence-electron chi connectivity index (χ3n) is 2.92. The van der Waals surface area contributed by atoms with Crippen LogP contribution in [0.5, 0.6) is 0 Å². The van der Waals surface area contributed by atoms with Crippen LogP contribution in [0.15, 0.2) is 22.8 Å². The minimum absolute atomic E-state index is 0.0637. The molecule has 1 fully saturated rings. The molecule has 1 saturated heterocycles. The molecule has 0 radical (unpaired) electrons. The Kier molecular flexibility index (Phi) is 3.96. The smallest absolute Gasteiger partial charge is 0.243 e. The average molecular weight is 312 g/mol. The van der Waals surface area contributed by atoms with Crippen molar-refractivity contribution in [2.75, 3.05) is 6.54 Å². The molecule has 2 heterocycles. The molecule has 1 N–H and O–H groups in total. The molecule has 18 heavy (non-hydrogen) atoms. The van der Waals surface area contributed by atoms with Crippen LogP contribution in [0.1, 0.15) is 19.0 Å². The van der Waals surface area contributed by atoms with Crippen LogP contribution in [0.25, 0.3) is 0 Å². The molecule has 2 amide bonds. The summed E-state index contributed by atoms with van der Waals surface area (Å²) in [5.74, 6) is -0.152. The molecule has 1 aliphatic rings. The van der Waals surface area contributed by atoms with Gasteiger partial charge in [-0.1, -0.05) is 6.92 Å². The van der Waals surface area contributed by atoms with Crippen molar-refractivity contribution < 1.29 is 9.59 Å². The van der Waals surface area contributed by atoms with Crippen molar-refractivity contribution in [3.8, 4) is 0 Å². The number of piperazine rings is 1. The van der Waals surface area contributed by atoms with Crippen LogP contribution in [0.4, 0.5) is 0 Å². The van der Waals surface area contributed by atoms with Crippen molar-refractivity contribution >= 4 is 27.7 Å². The lowest BCUT2D eigenvalue weighted by Crippen LogP contribution is -2.57. The summed E-state index contributed by atoms with van der Waals surface area (Å²) in [4.78, 5) is 29.4. The zero-order chi connectivity index (χ0) is 13.1. The number of rotatable bonds is 3. The van der Waals surface area contributed by atoms with E-state index >= 15 is 0 Å². The van der Waals surface area contributed by atoms with Crippen LogP contribution in [-0.4, -0.2) is 34.3 Å². The number of hydrogen-bond donors (Lipinski definition) is 1. The number of carbonyl (C=O) groups is 2. The largest absolute Gasteiger partial charge is 0.345 e. The zero-order valence-electron chi connectivity index (χ0n) is 10.0. The second-order valence-corrected chi connectivity index (χ2v) is 5.05. The molecule has 1 aromatic rings. The summed E-state index contributed by atoms with van der Waals surface area (Å²) < 4.78 is 0.890. The maximum Gasteiger partial charge on any atom is 0.243 e. The average Bonchev–Trinajstić information content (AvgIpc) is 2.37. The Morgan fingerprint density at radius 2 is 2.28 bits per heavy atom. The fourth-order valence-corrected chi connectivity index (χ4v) is 2.21. The molecular formula is C12H14BrN3O2. The van der Waals surface area contributed by atoms with Gasteiger partial charge in [-0.25, -0.2) is 0 Å². The minimum Gasteiger partial charge on any atom is -0.345 e. The lowest BCUT2D eigenvalue weighted by Gasteiger charge is -2.34. The molecule has 6 heteroatoms. The van der Waals surface area contributed by atoms with E-state index in [9.17, 15) is 9.59 Å². The van der Waals surface area contributed by atoms with Crippen molar-refractivity contribution in [1.29, 1.82) is 0 Å². The molecular weight excluding hydrogens is 298 g/mol. The van der Waals surface area contributed by atoms with Crippen molar-refractivity contribution in [3.05, 3.63) is 28.5 Å². The second-order valence-electron chi connectivity index (χ2n) is 4.13. The fourth-order valence-electron chi connectivity index (χ4n) is 1.98. The third kappa shape index (κ3) is 2.69. The maximum atomic E-state index is 11.9. The van der Waals surface area contributed by atoms with Crippen LogP contribution in [0.3, 0.4) is 0 Å². The number of carbonyl (C=O) groups excluding carboxylic acids is 2. The maximum absolute atomic E-state index is 11.9. The van der Waals surface area contributed by atoms with E-state index in [-0.39, 0.29) is 18.4 Å². The van der Waals surface area contributed by atoms with Crippen LogP contribution < -0.4 is 5.32 Å². The first-order chi connectivity index (χ1) is 8.61. The van der Waals surface area contributed by atoms with E-state index in [0.717, 1.165) is 10.2 Å². The fraction of sp³-hybridized carbons (Fsp3) is 0.417. The third-order valence-corrected chi connectivity index (χ3v) is 3.39. The Labute approximate surface area is 114 Å². The van der Waals surface area contributed by atoms with Crippen molar-refractivity contribution in [1.82, 2.24) is 15.2 Å².